The fourth-order valence-electron chi connectivity index (χ4n) is 2.27. The minimum atomic E-state index is -1.26. The van der Waals surface area contributed by atoms with Crippen LogP contribution in [-0.2, 0) is 9.59 Å². The van der Waals surface area contributed by atoms with Gasteiger partial charge in [-0.05, 0) is 36.4 Å². The number of H-pyrrole nitrogens is 1. The van der Waals surface area contributed by atoms with Crippen LogP contribution in [0.1, 0.15) is 16.1 Å². The summed E-state index contributed by atoms with van der Waals surface area (Å²) in [6.07, 6.45) is 1.12. The van der Waals surface area contributed by atoms with Crippen LogP contribution in [0.5, 0.6) is 0 Å². The number of aliphatic carboxylic acids is 2. The number of nitrogens with two attached hydrogens (primary N) is 1. The summed E-state index contributed by atoms with van der Waals surface area (Å²) in [7, 11) is 0. The number of amidine groups is 1. The molecule has 0 saturated carbocycles. The highest BCUT2D eigenvalue weighted by atomic mass is 35.5. The molecule has 1 amide bonds. The second-order valence-electron chi connectivity index (χ2n) is 5.84. The molecule has 0 bridgehead atoms. The lowest BCUT2D eigenvalue weighted by Gasteiger charge is -2.03. The zero-order valence-electron chi connectivity index (χ0n) is 15.7. The highest BCUT2D eigenvalue weighted by Gasteiger charge is 2.10. The van der Waals surface area contributed by atoms with Crippen molar-refractivity contribution < 1.29 is 24.6 Å². The van der Waals surface area contributed by atoms with Crippen LogP contribution in [0, 0.1) is 0 Å². The van der Waals surface area contributed by atoms with Gasteiger partial charge in [0.05, 0.1) is 5.02 Å². The minimum Gasteiger partial charge on any atom is -0.478 e. The Morgan fingerprint density at radius 1 is 1.00 bits per heavy atom. The smallest absolute Gasteiger partial charge is 0.328 e. The van der Waals surface area contributed by atoms with Crippen LogP contribution in [0.4, 0.5) is 0 Å². The van der Waals surface area contributed by atoms with Crippen LogP contribution >= 0.6 is 23.2 Å². The van der Waals surface area contributed by atoms with Crippen molar-refractivity contribution in [1.29, 1.82) is 0 Å². The lowest BCUT2D eigenvalue weighted by atomic mass is 10.2. The van der Waals surface area contributed by atoms with Crippen LogP contribution in [0.3, 0.4) is 0 Å². The van der Waals surface area contributed by atoms with Gasteiger partial charge in [0.1, 0.15) is 5.69 Å². The maximum atomic E-state index is 12.1. The summed E-state index contributed by atoms with van der Waals surface area (Å²) in [6, 6.07) is 14.0. The van der Waals surface area contributed by atoms with Crippen molar-refractivity contribution in [2.24, 2.45) is 10.8 Å². The van der Waals surface area contributed by atoms with Crippen molar-refractivity contribution in [3.63, 3.8) is 0 Å². The van der Waals surface area contributed by atoms with E-state index in [-0.39, 0.29) is 5.84 Å². The Hall–Kier alpha value is -3.82. The zero-order valence-corrected chi connectivity index (χ0v) is 17.2. The van der Waals surface area contributed by atoms with Crippen molar-refractivity contribution in [3.8, 4) is 0 Å². The number of carboxylic acids is 2. The summed E-state index contributed by atoms with van der Waals surface area (Å²) < 4.78 is 0. The van der Waals surface area contributed by atoms with E-state index in [1.165, 1.54) is 0 Å². The van der Waals surface area contributed by atoms with Crippen molar-refractivity contribution in [1.82, 2.24) is 10.4 Å². The molecular weight excluding hydrogens is 447 g/mol. The van der Waals surface area contributed by atoms with E-state index >= 15 is 0 Å². The molecule has 9 nitrogen and oxygen atoms in total. The molecule has 1 heterocycles. The summed E-state index contributed by atoms with van der Waals surface area (Å²) in [5.41, 5.74) is 9.96. The predicted octanol–water partition coefficient (Wildman–Crippen LogP) is 3.24. The summed E-state index contributed by atoms with van der Waals surface area (Å²) in [4.78, 5) is 34.2. The van der Waals surface area contributed by atoms with Crippen molar-refractivity contribution in [2.75, 3.05) is 0 Å². The first-order valence-electron chi connectivity index (χ1n) is 8.48. The lowest BCUT2D eigenvalue weighted by Crippen LogP contribution is -2.24. The quantitative estimate of drug-likeness (QED) is 0.169. The third-order valence-electron chi connectivity index (χ3n) is 3.62. The number of nitrogens with one attached hydrogen (secondary N) is 2. The lowest BCUT2D eigenvalue weighted by molar-refractivity contribution is -0.134. The highest BCUT2D eigenvalue weighted by molar-refractivity contribution is 6.34. The molecule has 0 atom stereocenters. The fourth-order valence-corrected chi connectivity index (χ4v) is 2.68. The van der Waals surface area contributed by atoms with Gasteiger partial charge in [0.15, 0.2) is 5.84 Å². The van der Waals surface area contributed by atoms with Gasteiger partial charge in [0, 0.05) is 33.6 Å². The van der Waals surface area contributed by atoms with Gasteiger partial charge in [-0.15, -0.1) is 0 Å². The molecule has 6 N–H and O–H groups in total. The molecule has 1 aromatic heterocycles. The Bertz CT molecular complexity index is 1170. The number of carbonyl (C=O) groups excluding carboxylic acids is 1. The van der Waals surface area contributed by atoms with Gasteiger partial charge in [-0.3, -0.25) is 4.79 Å². The summed E-state index contributed by atoms with van der Waals surface area (Å²) in [5, 5.41) is 21.4. The molecule has 0 spiro atoms. The normalized spacial score (nSPS) is 11.1. The molecule has 0 saturated heterocycles. The minimum absolute atomic E-state index is 0.128. The van der Waals surface area contributed by atoms with E-state index in [1.54, 1.807) is 48.5 Å². The molecular formula is C20H16Cl2N4O5. The zero-order chi connectivity index (χ0) is 23.0. The number of nitrogens with zero attached hydrogens (tertiary/aromatic N) is 1. The van der Waals surface area contributed by atoms with Gasteiger partial charge < -0.3 is 20.9 Å². The van der Waals surface area contributed by atoms with Gasteiger partial charge in [-0.2, -0.15) is 5.10 Å². The molecule has 0 fully saturated rings. The summed E-state index contributed by atoms with van der Waals surface area (Å²) in [5.74, 6) is -2.80. The molecule has 160 valence electrons. The van der Waals surface area contributed by atoms with E-state index in [1.807, 2.05) is 0 Å². The van der Waals surface area contributed by atoms with E-state index < -0.39 is 17.8 Å². The predicted molar refractivity (Wildman–Crippen MR) is 117 cm³/mol. The Morgan fingerprint density at radius 2 is 1.65 bits per heavy atom. The maximum absolute atomic E-state index is 12.1. The van der Waals surface area contributed by atoms with Gasteiger partial charge in [0.25, 0.3) is 5.91 Å². The van der Waals surface area contributed by atoms with E-state index in [9.17, 15) is 14.4 Å². The Kier molecular flexibility index (Phi) is 8.18. The maximum Gasteiger partial charge on any atom is 0.328 e. The van der Waals surface area contributed by atoms with Crippen LogP contribution < -0.4 is 11.2 Å². The molecule has 2 aromatic carbocycles. The first kappa shape index (κ1) is 23.5. The highest BCUT2D eigenvalue weighted by Crippen LogP contribution is 2.20. The number of fused-ring (bicyclic) bond motifs is 1. The molecule has 0 unspecified atom stereocenters. The van der Waals surface area contributed by atoms with E-state index in [0.29, 0.717) is 33.5 Å². The molecule has 0 aliphatic rings. The molecule has 3 aromatic rings. The number of carboxylic acid groups (broad SMARTS) is 2. The first-order chi connectivity index (χ1) is 14.7. The summed E-state index contributed by atoms with van der Waals surface area (Å²) in [6.45, 7) is 0. The van der Waals surface area contributed by atoms with Gasteiger partial charge in [0.2, 0.25) is 0 Å². The SMILES string of the molecule is NC(=NNC(=O)c1cc2cc(Cl)ccc2[nH]1)c1ccccc1Cl.O=C(O)C=CC(=O)O. The molecule has 11 heteroatoms. The first-order valence-corrected chi connectivity index (χ1v) is 9.23. The largest absolute Gasteiger partial charge is 0.478 e. The Morgan fingerprint density at radius 3 is 2.26 bits per heavy atom. The van der Waals surface area contributed by atoms with E-state index in [4.69, 9.17) is 39.1 Å². The van der Waals surface area contributed by atoms with Crippen molar-refractivity contribution in [3.05, 3.63) is 82.0 Å². The van der Waals surface area contributed by atoms with Crippen molar-refractivity contribution in [2.45, 2.75) is 0 Å². The average Bonchev–Trinajstić information content (AvgIpc) is 3.14. The monoisotopic (exact) mass is 462 g/mol. The number of halogens is 2. The van der Waals surface area contributed by atoms with Crippen LogP contribution in [0.2, 0.25) is 10.0 Å². The second kappa shape index (κ2) is 10.8. The van der Waals surface area contributed by atoms with Gasteiger partial charge >= 0.3 is 11.9 Å². The van der Waals surface area contributed by atoms with E-state index in [0.717, 1.165) is 10.9 Å². The molecule has 3 rings (SSSR count). The number of amides is 1. The molecule has 0 aliphatic heterocycles. The van der Waals surface area contributed by atoms with Crippen LogP contribution in [-0.4, -0.2) is 38.9 Å². The molecule has 0 radical (unpaired) electrons. The number of aromatic amines is 1. The molecule has 31 heavy (non-hydrogen) atoms. The number of carbonyl (C=O) groups is 3. The number of benzene rings is 2. The van der Waals surface area contributed by atoms with Crippen LogP contribution in [0.25, 0.3) is 10.9 Å². The number of rotatable bonds is 5. The third kappa shape index (κ3) is 7.18. The van der Waals surface area contributed by atoms with Gasteiger partial charge in [-0.1, -0.05) is 35.3 Å². The second-order valence-corrected chi connectivity index (χ2v) is 6.69. The number of hydrogen-bond donors (Lipinski definition) is 5. The number of hydrazone groups is 1. The molecule has 0 aliphatic carbocycles. The number of aromatic nitrogens is 1. The van der Waals surface area contributed by atoms with Gasteiger partial charge in [-0.25, -0.2) is 15.0 Å². The van der Waals surface area contributed by atoms with E-state index in [2.05, 4.69) is 15.5 Å². The third-order valence-corrected chi connectivity index (χ3v) is 4.19. The van der Waals surface area contributed by atoms with Crippen molar-refractivity contribution >= 4 is 57.8 Å². The topological polar surface area (TPSA) is 158 Å². The summed E-state index contributed by atoms with van der Waals surface area (Å²) >= 11 is 12.0. The Labute approximate surface area is 185 Å². The van der Waals surface area contributed by atoms with Crippen LogP contribution in [0.15, 0.2) is 65.8 Å². The Balaban J connectivity index is 0.000000366. The fraction of sp³-hybridized carbons (Fsp3) is 0. The number of hydrogen-bond acceptors (Lipinski definition) is 4. The average molecular weight is 463 g/mol. The standard InChI is InChI=1S/C16H12Cl2N4O.C4H4O4/c17-10-5-6-13-9(7-10)8-14(20-13)16(23)22-21-15(19)11-3-1-2-4-12(11)18;5-3(6)1-2-4(7)8/h1-8,20H,(H2,19,21)(H,22,23);1-2H,(H,5,6)(H,7,8).